The molecule has 0 radical (unpaired) electrons. The van der Waals surface area contributed by atoms with E-state index in [-0.39, 0.29) is 18.4 Å². The van der Waals surface area contributed by atoms with Crippen molar-refractivity contribution in [1.29, 1.82) is 0 Å². The fourth-order valence-corrected chi connectivity index (χ4v) is 2.34. The quantitative estimate of drug-likeness (QED) is 0.642. The number of carbonyl (C=O) groups is 2. The lowest BCUT2D eigenvalue weighted by molar-refractivity contribution is -0.123. The summed E-state index contributed by atoms with van der Waals surface area (Å²) in [6.45, 7) is 1.60. The van der Waals surface area contributed by atoms with E-state index >= 15 is 0 Å². The van der Waals surface area contributed by atoms with Crippen LogP contribution in [0.2, 0.25) is 0 Å². The standard InChI is InChI=1S/C18H18N4O3/c1-12(23)20-13-5-4-6-14(9-13)25-11-18(24)19-10-17-21-15-7-2-3-8-16(15)22-17/h2-9H,10-11H2,1H3,(H,19,24)(H,20,23)(H,21,22). The number of nitrogens with zero attached hydrogens (tertiary/aromatic N) is 1. The maximum atomic E-state index is 11.9. The summed E-state index contributed by atoms with van der Waals surface area (Å²) in [6, 6.07) is 14.5. The fourth-order valence-electron chi connectivity index (χ4n) is 2.34. The van der Waals surface area contributed by atoms with E-state index in [9.17, 15) is 9.59 Å². The van der Waals surface area contributed by atoms with Crippen molar-refractivity contribution in [2.24, 2.45) is 0 Å². The molecule has 128 valence electrons. The molecular weight excluding hydrogens is 320 g/mol. The first-order valence-electron chi connectivity index (χ1n) is 7.81. The van der Waals surface area contributed by atoms with Gasteiger partial charge in [-0.1, -0.05) is 18.2 Å². The number of amides is 2. The minimum absolute atomic E-state index is 0.121. The van der Waals surface area contributed by atoms with E-state index in [0.29, 0.717) is 23.8 Å². The van der Waals surface area contributed by atoms with Crippen LogP contribution in [0, 0.1) is 0 Å². The van der Waals surface area contributed by atoms with E-state index in [1.165, 1.54) is 6.92 Å². The lowest BCUT2D eigenvalue weighted by Gasteiger charge is -2.08. The van der Waals surface area contributed by atoms with Crippen LogP contribution in [0.5, 0.6) is 5.75 Å². The molecule has 25 heavy (non-hydrogen) atoms. The average molecular weight is 338 g/mol. The number of hydrogen-bond acceptors (Lipinski definition) is 4. The lowest BCUT2D eigenvalue weighted by Crippen LogP contribution is -2.28. The Hall–Kier alpha value is -3.35. The van der Waals surface area contributed by atoms with Gasteiger partial charge in [-0.25, -0.2) is 4.98 Å². The van der Waals surface area contributed by atoms with Gasteiger partial charge in [0.05, 0.1) is 17.6 Å². The molecule has 0 bridgehead atoms. The van der Waals surface area contributed by atoms with Crippen molar-refractivity contribution in [2.45, 2.75) is 13.5 Å². The Bertz CT molecular complexity index is 871. The van der Waals surface area contributed by atoms with Crippen molar-refractivity contribution < 1.29 is 14.3 Å². The molecule has 0 aliphatic carbocycles. The van der Waals surface area contributed by atoms with Gasteiger partial charge >= 0.3 is 0 Å². The average Bonchev–Trinajstić information content (AvgIpc) is 3.01. The molecule has 0 atom stereocenters. The molecule has 3 rings (SSSR count). The first-order valence-corrected chi connectivity index (χ1v) is 7.81. The highest BCUT2D eigenvalue weighted by Gasteiger charge is 2.06. The second-order valence-electron chi connectivity index (χ2n) is 5.48. The summed E-state index contributed by atoms with van der Waals surface area (Å²) in [6.07, 6.45) is 0. The van der Waals surface area contributed by atoms with Crippen LogP contribution in [-0.4, -0.2) is 28.4 Å². The molecule has 0 spiro atoms. The molecule has 0 saturated carbocycles. The minimum atomic E-state index is -0.259. The van der Waals surface area contributed by atoms with Gasteiger partial charge in [0.25, 0.3) is 5.91 Å². The van der Waals surface area contributed by atoms with Crippen molar-refractivity contribution >= 4 is 28.5 Å². The molecule has 0 aliphatic heterocycles. The van der Waals surface area contributed by atoms with Crippen LogP contribution in [0.3, 0.4) is 0 Å². The third-order valence-corrected chi connectivity index (χ3v) is 3.42. The zero-order valence-corrected chi connectivity index (χ0v) is 13.7. The van der Waals surface area contributed by atoms with Gasteiger partial charge in [0.1, 0.15) is 11.6 Å². The maximum Gasteiger partial charge on any atom is 0.258 e. The zero-order chi connectivity index (χ0) is 17.6. The van der Waals surface area contributed by atoms with Crippen LogP contribution < -0.4 is 15.4 Å². The molecule has 2 amide bonds. The van der Waals surface area contributed by atoms with Crippen molar-refractivity contribution in [3.05, 3.63) is 54.4 Å². The number of benzene rings is 2. The lowest BCUT2D eigenvalue weighted by atomic mass is 10.3. The van der Waals surface area contributed by atoms with E-state index in [1.54, 1.807) is 24.3 Å². The Labute approximate surface area is 144 Å². The van der Waals surface area contributed by atoms with Crippen LogP contribution in [0.25, 0.3) is 11.0 Å². The number of ether oxygens (including phenoxy) is 1. The number of nitrogens with one attached hydrogen (secondary N) is 3. The molecular formula is C18H18N4O3. The van der Waals surface area contributed by atoms with Crippen molar-refractivity contribution in [1.82, 2.24) is 15.3 Å². The van der Waals surface area contributed by atoms with Crippen molar-refractivity contribution in [2.75, 3.05) is 11.9 Å². The van der Waals surface area contributed by atoms with Crippen LogP contribution >= 0.6 is 0 Å². The topological polar surface area (TPSA) is 96.1 Å². The Kier molecular flexibility index (Phi) is 4.94. The summed E-state index contributed by atoms with van der Waals surface area (Å²) in [5.74, 6) is 0.762. The molecule has 0 fully saturated rings. The number of carbonyl (C=O) groups excluding carboxylic acids is 2. The Balaban J connectivity index is 1.50. The molecule has 7 heteroatoms. The van der Waals surface area contributed by atoms with Crippen LogP contribution in [-0.2, 0) is 16.1 Å². The van der Waals surface area contributed by atoms with Gasteiger partial charge in [-0.05, 0) is 24.3 Å². The summed E-state index contributed by atoms with van der Waals surface area (Å²) in [5, 5.41) is 5.41. The molecule has 3 N–H and O–H groups in total. The number of aromatic nitrogens is 2. The molecule has 0 saturated heterocycles. The highest BCUT2D eigenvalue weighted by molar-refractivity contribution is 5.88. The normalized spacial score (nSPS) is 10.4. The van der Waals surface area contributed by atoms with Gasteiger partial charge in [0.2, 0.25) is 5.91 Å². The van der Waals surface area contributed by atoms with Crippen LogP contribution in [0.15, 0.2) is 48.5 Å². The summed E-state index contributed by atoms with van der Waals surface area (Å²) in [7, 11) is 0. The summed E-state index contributed by atoms with van der Waals surface area (Å²) in [4.78, 5) is 30.5. The van der Waals surface area contributed by atoms with Crippen molar-refractivity contribution in [3.63, 3.8) is 0 Å². The molecule has 7 nitrogen and oxygen atoms in total. The minimum Gasteiger partial charge on any atom is -0.484 e. The number of rotatable bonds is 6. The smallest absolute Gasteiger partial charge is 0.258 e. The number of hydrogen-bond donors (Lipinski definition) is 3. The summed E-state index contributed by atoms with van der Waals surface area (Å²) >= 11 is 0. The number of H-pyrrole nitrogens is 1. The largest absolute Gasteiger partial charge is 0.484 e. The second-order valence-corrected chi connectivity index (χ2v) is 5.48. The maximum absolute atomic E-state index is 11.9. The van der Waals surface area contributed by atoms with E-state index in [1.807, 2.05) is 24.3 Å². The number of aromatic amines is 1. The molecule has 2 aromatic carbocycles. The Morgan fingerprint density at radius 1 is 1.16 bits per heavy atom. The van der Waals surface area contributed by atoms with Gasteiger partial charge in [-0.15, -0.1) is 0 Å². The van der Waals surface area contributed by atoms with E-state index in [4.69, 9.17) is 4.74 Å². The molecule has 0 aliphatic rings. The summed E-state index contributed by atoms with van der Waals surface area (Å²) < 4.78 is 5.44. The fraction of sp³-hybridized carbons (Fsp3) is 0.167. The molecule has 3 aromatic rings. The predicted octanol–water partition coefficient (Wildman–Crippen LogP) is 2.22. The molecule has 1 heterocycles. The molecule has 1 aromatic heterocycles. The van der Waals surface area contributed by atoms with E-state index in [2.05, 4.69) is 20.6 Å². The zero-order valence-electron chi connectivity index (χ0n) is 13.7. The first kappa shape index (κ1) is 16.5. The highest BCUT2D eigenvalue weighted by atomic mass is 16.5. The van der Waals surface area contributed by atoms with Crippen LogP contribution in [0.4, 0.5) is 5.69 Å². The third-order valence-electron chi connectivity index (χ3n) is 3.42. The number of anilines is 1. The van der Waals surface area contributed by atoms with Crippen molar-refractivity contribution in [3.8, 4) is 5.75 Å². The third kappa shape index (κ3) is 4.57. The molecule has 0 unspecified atom stereocenters. The van der Waals surface area contributed by atoms with Gasteiger partial charge in [0, 0.05) is 18.7 Å². The Morgan fingerprint density at radius 2 is 2.00 bits per heavy atom. The summed E-state index contributed by atoms with van der Waals surface area (Å²) in [5.41, 5.74) is 2.41. The number of fused-ring (bicyclic) bond motifs is 1. The second kappa shape index (κ2) is 7.48. The van der Waals surface area contributed by atoms with Crippen LogP contribution in [0.1, 0.15) is 12.7 Å². The van der Waals surface area contributed by atoms with Gasteiger partial charge in [-0.3, -0.25) is 9.59 Å². The Morgan fingerprint density at radius 3 is 2.80 bits per heavy atom. The van der Waals surface area contributed by atoms with E-state index in [0.717, 1.165) is 11.0 Å². The highest BCUT2D eigenvalue weighted by Crippen LogP contribution is 2.17. The van der Waals surface area contributed by atoms with Gasteiger partial charge in [0.15, 0.2) is 6.61 Å². The first-order chi connectivity index (χ1) is 12.1. The van der Waals surface area contributed by atoms with Gasteiger partial charge in [-0.2, -0.15) is 0 Å². The van der Waals surface area contributed by atoms with E-state index < -0.39 is 0 Å². The predicted molar refractivity (Wildman–Crippen MR) is 94.2 cm³/mol. The van der Waals surface area contributed by atoms with Gasteiger partial charge < -0.3 is 20.4 Å². The number of imidazole rings is 1. The SMILES string of the molecule is CC(=O)Nc1cccc(OCC(=O)NCc2nc3ccccc3[nH]2)c1. The monoisotopic (exact) mass is 338 g/mol. The number of para-hydroxylation sites is 2.